The molecule has 3 aromatic rings. The number of carbonyl (C=O) groups is 1. The minimum Gasteiger partial charge on any atom is -0.497 e. The van der Waals surface area contributed by atoms with E-state index < -0.39 is 6.10 Å². The third-order valence-electron chi connectivity index (χ3n) is 4.93. The van der Waals surface area contributed by atoms with Gasteiger partial charge in [0.15, 0.2) is 6.10 Å². The zero-order valence-electron chi connectivity index (χ0n) is 17.5. The van der Waals surface area contributed by atoms with Gasteiger partial charge in [0.05, 0.1) is 18.5 Å². The molecule has 0 spiro atoms. The Hall–Kier alpha value is -3.28. The molecule has 0 fully saturated rings. The number of carbonyl (C=O) groups excluding carboxylic acids is 1. The van der Waals surface area contributed by atoms with Gasteiger partial charge in [-0.05, 0) is 57.2 Å². The molecule has 152 valence electrons. The summed E-state index contributed by atoms with van der Waals surface area (Å²) in [6.07, 6.45) is -0.599. The van der Waals surface area contributed by atoms with E-state index in [1.807, 2.05) is 48.9 Å². The summed E-state index contributed by atoms with van der Waals surface area (Å²) in [5.41, 5.74) is 3.98. The molecule has 1 amide bonds. The molecule has 1 atom stereocenters. The maximum absolute atomic E-state index is 12.8. The number of ether oxygens (including phenoxy) is 2. The molecule has 0 saturated heterocycles. The number of para-hydroxylation sites is 1. The Kier molecular flexibility index (Phi) is 6.22. The monoisotopic (exact) mass is 393 g/mol. The molecule has 0 radical (unpaired) electrons. The summed E-state index contributed by atoms with van der Waals surface area (Å²) in [4.78, 5) is 14.5. The zero-order valence-corrected chi connectivity index (χ0v) is 17.5. The number of hydrogen-bond donors (Lipinski definition) is 0. The molecule has 29 heavy (non-hydrogen) atoms. The van der Waals surface area contributed by atoms with Gasteiger partial charge in [-0.1, -0.05) is 18.2 Å². The van der Waals surface area contributed by atoms with Gasteiger partial charge in [0.25, 0.3) is 5.91 Å². The SMILES string of the molecule is COc1ccc(OC(C)C(=O)N(C)Cc2c(C)nn(-c3ccccc3)c2C)cc1. The van der Waals surface area contributed by atoms with Crippen molar-refractivity contribution < 1.29 is 14.3 Å². The summed E-state index contributed by atoms with van der Waals surface area (Å²) >= 11 is 0. The summed E-state index contributed by atoms with van der Waals surface area (Å²) in [5, 5.41) is 4.66. The van der Waals surface area contributed by atoms with Crippen LogP contribution in [0.25, 0.3) is 5.69 Å². The zero-order chi connectivity index (χ0) is 21.0. The normalized spacial score (nSPS) is 11.8. The van der Waals surface area contributed by atoms with E-state index in [0.717, 1.165) is 28.4 Å². The first-order valence-electron chi connectivity index (χ1n) is 9.57. The highest BCUT2D eigenvalue weighted by atomic mass is 16.5. The van der Waals surface area contributed by atoms with Crippen molar-refractivity contribution in [2.45, 2.75) is 33.4 Å². The average molecular weight is 393 g/mol. The van der Waals surface area contributed by atoms with Crippen molar-refractivity contribution in [3.05, 3.63) is 71.5 Å². The van der Waals surface area contributed by atoms with Gasteiger partial charge in [-0.3, -0.25) is 4.79 Å². The fourth-order valence-electron chi connectivity index (χ4n) is 3.26. The largest absolute Gasteiger partial charge is 0.497 e. The van der Waals surface area contributed by atoms with Crippen LogP contribution < -0.4 is 9.47 Å². The third kappa shape index (κ3) is 4.59. The van der Waals surface area contributed by atoms with Crippen LogP contribution in [-0.4, -0.2) is 40.8 Å². The third-order valence-corrected chi connectivity index (χ3v) is 4.93. The van der Waals surface area contributed by atoms with E-state index in [9.17, 15) is 4.79 Å². The number of methoxy groups -OCH3 is 1. The Morgan fingerprint density at radius 2 is 1.69 bits per heavy atom. The van der Waals surface area contributed by atoms with Crippen LogP contribution in [-0.2, 0) is 11.3 Å². The molecule has 6 nitrogen and oxygen atoms in total. The maximum Gasteiger partial charge on any atom is 0.263 e. The van der Waals surface area contributed by atoms with E-state index in [1.54, 1.807) is 50.2 Å². The molecule has 0 bridgehead atoms. The molecule has 1 heterocycles. The molecule has 3 rings (SSSR count). The molecule has 0 aliphatic carbocycles. The minimum absolute atomic E-state index is 0.0907. The fraction of sp³-hybridized carbons (Fsp3) is 0.304. The Morgan fingerprint density at radius 1 is 1.07 bits per heavy atom. The van der Waals surface area contributed by atoms with Gasteiger partial charge in [0.1, 0.15) is 11.5 Å². The number of aryl methyl sites for hydroxylation is 1. The topological polar surface area (TPSA) is 56.6 Å². The standard InChI is InChI=1S/C23H27N3O3/c1-16-22(17(2)26(24-16)19-9-7-6-8-10-19)15-25(4)23(27)18(3)29-21-13-11-20(28-5)12-14-21/h6-14,18H,15H2,1-5H3. The van der Waals surface area contributed by atoms with E-state index in [4.69, 9.17) is 9.47 Å². The second kappa shape index (κ2) is 8.82. The van der Waals surface area contributed by atoms with Crippen molar-refractivity contribution in [1.82, 2.24) is 14.7 Å². The predicted molar refractivity (Wildman–Crippen MR) is 113 cm³/mol. The first-order valence-corrected chi connectivity index (χ1v) is 9.57. The van der Waals surface area contributed by atoms with Crippen molar-refractivity contribution in [3.63, 3.8) is 0 Å². The second-order valence-electron chi connectivity index (χ2n) is 7.03. The van der Waals surface area contributed by atoms with Gasteiger partial charge in [-0.2, -0.15) is 5.10 Å². The molecule has 1 aromatic heterocycles. The second-order valence-corrected chi connectivity index (χ2v) is 7.03. The molecule has 0 N–H and O–H groups in total. The van der Waals surface area contributed by atoms with Crippen molar-refractivity contribution in [2.75, 3.05) is 14.2 Å². The van der Waals surface area contributed by atoms with E-state index >= 15 is 0 Å². The van der Waals surface area contributed by atoms with Gasteiger partial charge in [-0.25, -0.2) is 4.68 Å². The number of nitrogens with zero attached hydrogens (tertiary/aromatic N) is 3. The maximum atomic E-state index is 12.8. The summed E-state index contributed by atoms with van der Waals surface area (Å²) in [6, 6.07) is 17.2. The van der Waals surface area contributed by atoms with Crippen LogP contribution in [0, 0.1) is 13.8 Å². The van der Waals surface area contributed by atoms with Gasteiger partial charge in [-0.15, -0.1) is 0 Å². The Labute approximate surface area is 171 Å². The highest BCUT2D eigenvalue weighted by Crippen LogP contribution is 2.21. The summed E-state index contributed by atoms with van der Waals surface area (Å²) in [7, 11) is 3.40. The van der Waals surface area contributed by atoms with Gasteiger partial charge in [0.2, 0.25) is 0 Å². The van der Waals surface area contributed by atoms with Crippen LogP contribution in [0.1, 0.15) is 23.9 Å². The van der Waals surface area contributed by atoms with E-state index in [1.165, 1.54) is 0 Å². The molecule has 2 aromatic carbocycles. The van der Waals surface area contributed by atoms with Crippen LogP contribution in [0.2, 0.25) is 0 Å². The van der Waals surface area contributed by atoms with Crippen LogP contribution in [0.15, 0.2) is 54.6 Å². The van der Waals surface area contributed by atoms with E-state index in [0.29, 0.717) is 12.3 Å². The Balaban J connectivity index is 1.69. The molecular weight excluding hydrogens is 366 g/mol. The summed E-state index contributed by atoms with van der Waals surface area (Å²) in [5.74, 6) is 1.28. The number of rotatable bonds is 7. The van der Waals surface area contributed by atoms with Gasteiger partial charge in [0, 0.05) is 24.8 Å². The molecule has 6 heteroatoms. The number of aromatic nitrogens is 2. The number of amides is 1. The molecule has 0 saturated carbocycles. The van der Waals surface area contributed by atoms with E-state index in [2.05, 4.69) is 5.10 Å². The van der Waals surface area contributed by atoms with Crippen molar-refractivity contribution >= 4 is 5.91 Å². The average Bonchev–Trinajstić information content (AvgIpc) is 3.02. The number of likely N-dealkylation sites (N-methyl/N-ethyl adjacent to an activating group) is 1. The lowest BCUT2D eigenvalue weighted by Crippen LogP contribution is -2.37. The van der Waals surface area contributed by atoms with Gasteiger partial charge >= 0.3 is 0 Å². The molecule has 1 unspecified atom stereocenters. The minimum atomic E-state index is -0.599. The lowest BCUT2D eigenvalue weighted by molar-refractivity contribution is -0.137. The quantitative estimate of drug-likeness (QED) is 0.610. The lowest BCUT2D eigenvalue weighted by atomic mass is 10.1. The Morgan fingerprint density at radius 3 is 2.31 bits per heavy atom. The lowest BCUT2D eigenvalue weighted by Gasteiger charge is -2.22. The van der Waals surface area contributed by atoms with Crippen LogP contribution in [0.4, 0.5) is 0 Å². The van der Waals surface area contributed by atoms with Crippen molar-refractivity contribution in [1.29, 1.82) is 0 Å². The Bertz CT molecular complexity index is 965. The molecule has 0 aliphatic heterocycles. The first-order chi connectivity index (χ1) is 13.9. The van der Waals surface area contributed by atoms with Crippen molar-refractivity contribution in [3.8, 4) is 17.2 Å². The fourth-order valence-corrected chi connectivity index (χ4v) is 3.26. The smallest absolute Gasteiger partial charge is 0.263 e. The van der Waals surface area contributed by atoms with Gasteiger partial charge < -0.3 is 14.4 Å². The summed E-state index contributed by atoms with van der Waals surface area (Å²) in [6.45, 7) is 6.23. The first kappa shape index (κ1) is 20.5. The van der Waals surface area contributed by atoms with Crippen LogP contribution >= 0.6 is 0 Å². The van der Waals surface area contributed by atoms with Crippen molar-refractivity contribution in [2.24, 2.45) is 0 Å². The molecule has 0 aliphatic rings. The highest BCUT2D eigenvalue weighted by Gasteiger charge is 2.22. The number of hydrogen-bond acceptors (Lipinski definition) is 4. The van der Waals surface area contributed by atoms with E-state index in [-0.39, 0.29) is 5.91 Å². The predicted octanol–water partition coefficient (Wildman–Crippen LogP) is 3.92. The summed E-state index contributed by atoms with van der Waals surface area (Å²) < 4.78 is 12.9. The van der Waals surface area contributed by atoms with Crippen LogP contribution in [0.5, 0.6) is 11.5 Å². The molecular formula is C23H27N3O3. The highest BCUT2D eigenvalue weighted by molar-refractivity contribution is 5.80. The number of benzene rings is 2. The van der Waals surface area contributed by atoms with Crippen LogP contribution in [0.3, 0.4) is 0 Å².